The van der Waals surface area contributed by atoms with Crippen LogP contribution in [0.1, 0.15) is 64.6 Å². The van der Waals surface area contributed by atoms with E-state index >= 15 is 0 Å². The summed E-state index contributed by atoms with van der Waals surface area (Å²) in [4.78, 5) is 43.1. The van der Waals surface area contributed by atoms with E-state index in [9.17, 15) is 14.4 Å². The molecule has 0 bridgehead atoms. The number of piperazine rings is 1. The maximum absolute atomic E-state index is 13.7. The second-order valence-electron chi connectivity index (χ2n) is 10.5. The van der Waals surface area contributed by atoms with Crippen molar-refractivity contribution >= 4 is 17.9 Å². The van der Waals surface area contributed by atoms with Crippen LogP contribution in [0.3, 0.4) is 0 Å². The summed E-state index contributed by atoms with van der Waals surface area (Å²) in [6.07, 6.45) is 1.58. The zero-order chi connectivity index (χ0) is 26.4. The molecule has 9 heteroatoms. The largest absolute Gasteiger partial charge is 0.424 e. The number of nitrogens with zero attached hydrogens (tertiary/aromatic N) is 2. The number of alkyl carbamates (subject to hydrolysis) is 1. The first-order valence-corrected chi connectivity index (χ1v) is 13.2. The van der Waals surface area contributed by atoms with Crippen LogP contribution in [0.2, 0.25) is 0 Å². The molecule has 1 aliphatic heterocycles. The molecule has 9 nitrogen and oxygen atoms in total. The van der Waals surface area contributed by atoms with Gasteiger partial charge in [-0.1, -0.05) is 38.1 Å². The molecule has 1 fully saturated rings. The van der Waals surface area contributed by atoms with E-state index in [2.05, 4.69) is 46.8 Å². The van der Waals surface area contributed by atoms with E-state index in [4.69, 9.17) is 4.74 Å². The SMILES string of the molecule is CNC(C)C(=O)NC(C(=O)N1CCN(C(C)C)CC1OC(=O)NC1CCCc2ccccc21)C(C)C. The Bertz CT molecular complexity index is 921. The molecule has 2 aliphatic rings. The van der Waals surface area contributed by atoms with Crippen molar-refractivity contribution in [3.63, 3.8) is 0 Å². The van der Waals surface area contributed by atoms with Gasteiger partial charge in [0.15, 0.2) is 6.23 Å². The Morgan fingerprint density at radius 3 is 2.44 bits per heavy atom. The van der Waals surface area contributed by atoms with E-state index in [-0.39, 0.29) is 29.8 Å². The van der Waals surface area contributed by atoms with Gasteiger partial charge in [0.1, 0.15) is 6.04 Å². The lowest BCUT2D eigenvalue weighted by atomic mass is 9.88. The fourth-order valence-electron chi connectivity index (χ4n) is 4.90. The van der Waals surface area contributed by atoms with E-state index in [1.807, 2.05) is 26.0 Å². The van der Waals surface area contributed by atoms with Crippen molar-refractivity contribution in [1.82, 2.24) is 25.8 Å². The van der Waals surface area contributed by atoms with Crippen LogP contribution in [0.5, 0.6) is 0 Å². The third-order valence-electron chi connectivity index (χ3n) is 7.34. The maximum atomic E-state index is 13.7. The number of carbonyl (C=O) groups is 3. The number of likely N-dealkylation sites (N-methyl/N-ethyl adjacent to an activating group) is 1. The van der Waals surface area contributed by atoms with Gasteiger partial charge in [0.2, 0.25) is 11.8 Å². The summed E-state index contributed by atoms with van der Waals surface area (Å²) in [6, 6.07) is 7.17. The Morgan fingerprint density at radius 1 is 1.06 bits per heavy atom. The van der Waals surface area contributed by atoms with Crippen molar-refractivity contribution in [2.75, 3.05) is 26.7 Å². The van der Waals surface area contributed by atoms with Gasteiger partial charge in [-0.3, -0.25) is 14.5 Å². The van der Waals surface area contributed by atoms with Crippen molar-refractivity contribution in [3.8, 4) is 0 Å². The lowest BCUT2D eigenvalue weighted by Crippen LogP contribution is -2.63. The summed E-state index contributed by atoms with van der Waals surface area (Å²) in [5.41, 5.74) is 2.38. The van der Waals surface area contributed by atoms with Crippen LogP contribution in [-0.2, 0) is 20.7 Å². The van der Waals surface area contributed by atoms with Gasteiger partial charge in [0.05, 0.1) is 18.6 Å². The fraction of sp³-hybridized carbons (Fsp3) is 0.667. The molecule has 0 radical (unpaired) electrons. The average molecular weight is 502 g/mol. The fourth-order valence-corrected chi connectivity index (χ4v) is 4.90. The quantitative estimate of drug-likeness (QED) is 0.506. The van der Waals surface area contributed by atoms with E-state index in [1.54, 1.807) is 18.9 Å². The number of carbonyl (C=O) groups excluding carboxylic acids is 3. The molecule has 1 aliphatic carbocycles. The molecule has 200 valence electrons. The van der Waals surface area contributed by atoms with Crippen molar-refractivity contribution in [1.29, 1.82) is 0 Å². The molecule has 3 amide bonds. The molecule has 1 aromatic carbocycles. The summed E-state index contributed by atoms with van der Waals surface area (Å²) in [7, 11) is 1.70. The maximum Gasteiger partial charge on any atom is 0.409 e. The molecule has 3 rings (SSSR count). The summed E-state index contributed by atoms with van der Waals surface area (Å²) in [5, 5.41) is 8.83. The zero-order valence-corrected chi connectivity index (χ0v) is 22.5. The van der Waals surface area contributed by atoms with E-state index in [0.717, 1.165) is 24.8 Å². The number of aryl methyl sites for hydroxylation is 1. The van der Waals surface area contributed by atoms with Crippen molar-refractivity contribution < 1.29 is 19.1 Å². The second kappa shape index (κ2) is 12.5. The number of amides is 3. The van der Waals surface area contributed by atoms with Crippen molar-refractivity contribution in [3.05, 3.63) is 35.4 Å². The van der Waals surface area contributed by atoms with Crippen LogP contribution in [0.15, 0.2) is 24.3 Å². The van der Waals surface area contributed by atoms with E-state index in [1.165, 1.54) is 5.56 Å². The predicted octanol–water partition coefficient (Wildman–Crippen LogP) is 2.42. The van der Waals surface area contributed by atoms with Crippen LogP contribution < -0.4 is 16.0 Å². The van der Waals surface area contributed by atoms with Crippen molar-refractivity contribution in [2.24, 2.45) is 5.92 Å². The van der Waals surface area contributed by atoms with Crippen LogP contribution in [0.4, 0.5) is 4.79 Å². The molecule has 3 N–H and O–H groups in total. The molecular formula is C27H43N5O4. The highest BCUT2D eigenvalue weighted by atomic mass is 16.6. The third kappa shape index (κ3) is 6.76. The van der Waals surface area contributed by atoms with Crippen LogP contribution in [0.25, 0.3) is 0 Å². The Balaban J connectivity index is 1.74. The minimum Gasteiger partial charge on any atom is -0.424 e. The Morgan fingerprint density at radius 2 is 1.78 bits per heavy atom. The Hall–Kier alpha value is -2.65. The van der Waals surface area contributed by atoms with Gasteiger partial charge in [-0.25, -0.2) is 4.79 Å². The molecule has 1 saturated heterocycles. The van der Waals surface area contributed by atoms with Gasteiger partial charge in [0, 0.05) is 19.1 Å². The smallest absolute Gasteiger partial charge is 0.409 e. The minimum absolute atomic E-state index is 0.109. The highest BCUT2D eigenvalue weighted by Gasteiger charge is 2.39. The number of ether oxygens (including phenoxy) is 1. The molecule has 4 atom stereocenters. The second-order valence-corrected chi connectivity index (χ2v) is 10.5. The Labute approximate surface area is 215 Å². The summed E-state index contributed by atoms with van der Waals surface area (Å²) < 4.78 is 5.92. The summed E-state index contributed by atoms with van der Waals surface area (Å²) >= 11 is 0. The number of rotatable bonds is 8. The first-order chi connectivity index (χ1) is 17.1. The summed E-state index contributed by atoms with van der Waals surface area (Å²) in [6.45, 7) is 11.2. The van der Waals surface area contributed by atoms with Gasteiger partial charge in [-0.05, 0) is 64.1 Å². The van der Waals surface area contributed by atoms with Gasteiger partial charge in [0.25, 0.3) is 0 Å². The van der Waals surface area contributed by atoms with Gasteiger partial charge >= 0.3 is 6.09 Å². The molecular weight excluding hydrogens is 458 g/mol. The predicted molar refractivity (Wildman–Crippen MR) is 139 cm³/mol. The number of hydrogen-bond donors (Lipinski definition) is 3. The average Bonchev–Trinajstić information content (AvgIpc) is 2.86. The lowest BCUT2D eigenvalue weighted by Gasteiger charge is -2.43. The first-order valence-electron chi connectivity index (χ1n) is 13.2. The van der Waals surface area contributed by atoms with Crippen LogP contribution in [-0.4, -0.2) is 78.7 Å². The normalized spacial score (nSPS) is 22.1. The molecule has 36 heavy (non-hydrogen) atoms. The molecule has 4 unspecified atom stereocenters. The molecule has 0 aromatic heterocycles. The number of benzene rings is 1. The minimum atomic E-state index is -0.743. The number of nitrogens with one attached hydrogen (secondary N) is 3. The third-order valence-corrected chi connectivity index (χ3v) is 7.34. The monoisotopic (exact) mass is 501 g/mol. The topological polar surface area (TPSA) is 103 Å². The van der Waals surface area contributed by atoms with Gasteiger partial charge < -0.3 is 25.6 Å². The summed E-state index contributed by atoms with van der Waals surface area (Å²) in [5.74, 6) is -0.593. The van der Waals surface area contributed by atoms with Crippen LogP contribution in [0, 0.1) is 5.92 Å². The van der Waals surface area contributed by atoms with Gasteiger partial charge in [-0.2, -0.15) is 0 Å². The zero-order valence-electron chi connectivity index (χ0n) is 22.5. The molecule has 0 spiro atoms. The molecule has 0 saturated carbocycles. The lowest BCUT2D eigenvalue weighted by molar-refractivity contribution is -0.153. The highest BCUT2D eigenvalue weighted by Crippen LogP contribution is 2.29. The van der Waals surface area contributed by atoms with Crippen molar-refractivity contribution in [2.45, 2.75) is 84.3 Å². The van der Waals surface area contributed by atoms with Crippen LogP contribution >= 0.6 is 0 Å². The molecule has 1 aromatic rings. The number of hydrogen-bond acceptors (Lipinski definition) is 6. The Kier molecular flexibility index (Phi) is 9.73. The first kappa shape index (κ1) is 27.9. The van der Waals surface area contributed by atoms with Gasteiger partial charge in [-0.15, -0.1) is 0 Å². The molecule has 1 heterocycles. The number of fused-ring (bicyclic) bond motifs is 1. The standard InChI is InChI=1S/C27H43N5O4/c1-17(2)24(30-25(33)19(5)28-6)26(34)32-15-14-31(18(3)4)16-23(32)36-27(35)29-22-13-9-11-20-10-7-8-12-21(20)22/h7-8,10,12,17-19,22-24,28H,9,11,13-16H2,1-6H3,(H,29,35)(H,30,33). The van der Waals surface area contributed by atoms with E-state index in [0.29, 0.717) is 19.6 Å². The van der Waals surface area contributed by atoms with E-state index < -0.39 is 24.4 Å². The highest BCUT2D eigenvalue weighted by molar-refractivity contribution is 5.90.